The summed E-state index contributed by atoms with van der Waals surface area (Å²) in [6.07, 6.45) is 0. The number of hydrogen-bond donors (Lipinski definition) is 1. The molecule has 18 heavy (non-hydrogen) atoms. The third-order valence-electron chi connectivity index (χ3n) is 2.99. The SMILES string of the molecule is Cc1ccc(N(C)Cc2cc(F)ccc2N)cc1. The lowest BCUT2D eigenvalue weighted by molar-refractivity contribution is 0.625. The van der Waals surface area contributed by atoms with Crippen molar-refractivity contribution in [3.8, 4) is 0 Å². The van der Waals surface area contributed by atoms with E-state index in [1.54, 1.807) is 6.07 Å². The maximum atomic E-state index is 13.2. The van der Waals surface area contributed by atoms with Gasteiger partial charge in [-0.25, -0.2) is 4.39 Å². The summed E-state index contributed by atoms with van der Waals surface area (Å²) in [6.45, 7) is 2.64. The fraction of sp³-hybridized carbons (Fsp3) is 0.200. The van der Waals surface area contributed by atoms with Crippen LogP contribution in [-0.2, 0) is 6.54 Å². The third kappa shape index (κ3) is 2.80. The minimum atomic E-state index is -0.253. The van der Waals surface area contributed by atoms with Gasteiger partial charge in [0.2, 0.25) is 0 Å². The Labute approximate surface area is 107 Å². The standard InChI is InChI=1S/C15H17FN2/c1-11-3-6-14(7-4-11)18(2)10-12-9-13(16)5-8-15(12)17/h3-9H,10,17H2,1-2H3. The van der Waals surface area contributed by atoms with Gasteiger partial charge in [0.05, 0.1) is 0 Å². The van der Waals surface area contributed by atoms with Crippen molar-refractivity contribution >= 4 is 11.4 Å². The van der Waals surface area contributed by atoms with Crippen LogP contribution in [0.5, 0.6) is 0 Å². The van der Waals surface area contributed by atoms with Gasteiger partial charge in [-0.05, 0) is 42.8 Å². The van der Waals surface area contributed by atoms with Crippen LogP contribution in [0.2, 0.25) is 0 Å². The molecule has 0 fully saturated rings. The van der Waals surface area contributed by atoms with E-state index in [0.717, 1.165) is 11.3 Å². The third-order valence-corrected chi connectivity index (χ3v) is 2.99. The summed E-state index contributed by atoms with van der Waals surface area (Å²) in [6, 6.07) is 12.7. The number of hydrogen-bond acceptors (Lipinski definition) is 2. The molecule has 0 spiro atoms. The van der Waals surface area contributed by atoms with Gasteiger partial charge in [-0.15, -0.1) is 0 Å². The Hall–Kier alpha value is -2.03. The first-order valence-electron chi connectivity index (χ1n) is 5.88. The van der Waals surface area contributed by atoms with Crippen LogP contribution in [0.4, 0.5) is 15.8 Å². The van der Waals surface area contributed by atoms with Crippen LogP contribution in [0.3, 0.4) is 0 Å². The Morgan fingerprint density at radius 2 is 1.78 bits per heavy atom. The van der Waals surface area contributed by atoms with Crippen molar-refractivity contribution in [2.75, 3.05) is 17.7 Å². The van der Waals surface area contributed by atoms with Gasteiger partial charge in [-0.3, -0.25) is 0 Å². The second-order valence-electron chi connectivity index (χ2n) is 4.53. The Balaban J connectivity index is 2.18. The molecule has 2 nitrogen and oxygen atoms in total. The molecule has 2 aromatic rings. The molecule has 0 bridgehead atoms. The molecule has 2 rings (SSSR count). The average Bonchev–Trinajstić information content (AvgIpc) is 2.34. The van der Waals surface area contributed by atoms with Crippen molar-refractivity contribution in [3.05, 3.63) is 59.4 Å². The number of nitrogen functional groups attached to an aromatic ring is 1. The number of anilines is 2. The molecule has 0 aliphatic carbocycles. The molecule has 3 heteroatoms. The number of aryl methyl sites for hydroxylation is 1. The van der Waals surface area contributed by atoms with Crippen molar-refractivity contribution in [3.63, 3.8) is 0 Å². The van der Waals surface area contributed by atoms with Gasteiger partial charge >= 0.3 is 0 Å². The quantitative estimate of drug-likeness (QED) is 0.839. The molecule has 2 N–H and O–H groups in total. The molecule has 0 saturated carbocycles. The molecule has 0 amide bonds. The summed E-state index contributed by atoms with van der Waals surface area (Å²) in [5.74, 6) is -0.253. The summed E-state index contributed by atoms with van der Waals surface area (Å²) < 4.78 is 13.2. The Morgan fingerprint density at radius 1 is 1.11 bits per heavy atom. The van der Waals surface area contributed by atoms with E-state index in [0.29, 0.717) is 12.2 Å². The molecule has 0 aliphatic heterocycles. The monoisotopic (exact) mass is 244 g/mol. The molecule has 2 aromatic carbocycles. The maximum absolute atomic E-state index is 13.2. The summed E-state index contributed by atoms with van der Waals surface area (Å²) in [5.41, 5.74) is 9.58. The topological polar surface area (TPSA) is 29.3 Å². The number of rotatable bonds is 3. The lowest BCUT2D eigenvalue weighted by Crippen LogP contribution is -2.17. The van der Waals surface area contributed by atoms with Gasteiger partial charge in [0.25, 0.3) is 0 Å². The second-order valence-corrected chi connectivity index (χ2v) is 4.53. The van der Waals surface area contributed by atoms with E-state index in [4.69, 9.17) is 5.73 Å². The first kappa shape index (κ1) is 12.4. The largest absolute Gasteiger partial charge is 0.398 e. The zero-order chi connectivity index (χ0) is 13.1. The highest BCUT2D eigenvalue weighted by molar-refractivity contribution is 5.52. The second kappa shape index (κ2) is 5.08. The van der Waals surface area contributed by atoms with Gasteiger partial charge in [-0.1, -0.05) is 17.7 Å². The van der Waals surface area contributed by atoms with E-state index in [9.17, 15) is 4.39 Å². The lowest BCUT2D eigenvalue weighted by atomic mass is 10.1. The lowest BCUT2D eigenvalue weighted by Gasteiger charge is -2.20. The molecule has 0 radical (unpaired) electrons. The zero-order valence-electron chi connectivity index (χ0n) is 10.7. The van der Waals surface area contributed by atoms with Crippen molar-refractivity contribution in [2.45, 2.75) is 13.5 Å². The van der Waals surface area contributed by atoms with Crippen LogP contribution in [0, 0.1) is 12.7 Å². The predicted molar refractivity (Wildman–Crippen MR) is 74.1 cm³/mol. The van der Waals surface area contributed by atoms with E-state index >= 15 is 0 Å². The van der Waals surface area contributed by atoms with Crippen LogP contribution in [0.1, 0.15) is 11.1 Å². The Morgan fingerprint density at radius 3 is 2.44 bits per heavy atom. The van der Waals surface area contributed by atoms with Crippen LogP contribution >= 0.6 is 0 Å². The summed E-state index contributed by atoms with van der Waals surface area (Å²) in [4.78, 5) is 2.05. The van der Waals surface area contributed by atoms with Gasteiger partial charge in [-0.2, -0.15) is 0 Å². The molecule has 0 unspecified atom stereocenters. The number of nitrogens with zero attached hydrogens (tertiary/aromatic N) is 1. The summed E-state index contributed by atoms with van der Waals surface area (Å²) >= 11 is 0. The van der Waals surface area contributed by atoms with Crippen LogP contribution < -0.4 is 10.6 Å². The van der Waals surface area contributed by atoms with Gasteiger partial charge < -0.3 is 10.6 Å². The first-order chi connectivity index (χ1) is 8.56. The molecule has 0 heterocycles. The van der Waals surface area contributed by atoms with Gasteiger partial charge in [0.15, 0.2) is 0 Å². The Kier molecular flexibility index (Phi) is 3.51. The van der Waals surface area contributed by atoms with Crippen LogP contribution in [0.25, 0.3) is 0 Å². The van der Waals surface area contributed by atoms with E-state index in [2.05, 4.69) is 12.1 Å². The maximum Gasteiger partial charge on any atom is 0.123 e. The van der Waals surface area contributed by atoms with E-state index in [-0.39, 0.29) is 5.82 Å². The fourth-order valence-corrected chi connectivity index (χ4v) is 1.86. The fourth-order valence-electron chi connectivity index (χ4n) is 1.86. The minimum Gasteiger partial charge on any atom is -0.398 e. The van der Waals surface area contributed by atoms with Gasteiger partial charge in [0, 0.05) is 25.0 Å². The minimum absolute atomic E-state index is 0.253. The smallest absolute Gasteiger partial charge is 0.123 e. The van der Waals surface area contributed by atoms with E-state index in [1.807, 2.05) is 31.0 Å². The summed E-state index contributed by atoms with van der Waals surface area (Å²) in [7, 11) is 1.97. The molecule has 0 saturated heterocycles. The predicted octanol–water partition coefficient (Wildman–Crippen LogP) is 3.35. The van der Waals surface area contributed by atoms with E-state index in [1.165, 1.54) is 17.7 Å². The van der Waals surface area contributed by atoms with Crippen molar-refractivity contribution in [1.82, 2.24) is 0 Å². The molecule has 0 aliphatic rings. The molecular formula is C15H17FN2. The van der Waals surface area contributed by atoms with Crippen LogP contribution in [-0.4, -0.2) is 7.05 Å². The Bertz CT molecular complexity index is 535. The average molecular weight is 244 g/mol. The highest BCUT2D eigenvalue weighted by Crippen LogP contribution is 2.20. The highest BCUT2D eigenvalue weighted by atomic mass is 19.1. The number of halogens is 1. The van der Waals surface area contributed by atoms with Gasteiger partial charge in [0.1, 0.15) is 5.82 Å². The number of benzene rings is 2. The zero-order valence-corrected chi connectivity index (χ0v) is 10.7. The van der Waals surface area contributed by atoms with Crippen molar-refractivity contribution in [1.29, 1.82) is 0 Å². The molecule has 94 valence electrons. The van der Waals surface area contributed by atoms with Crippen molar-refractivity contribution < 1.29 is 4.39 Å². The van der Waals surface area contributed by atoms with Crippen LogP contribution in [0.15, 0.2) is 42.5 Å². The number of nitrogens with two attached hydrogens (primary N) is 1. The highest BCUT2D eigenvalue weighted by Gasteiger charge is 2.06. The first-order valence-corrected chi connectivity index (χ1v) is 5.88. The normalized spacial score (nSPS) is 10.4. The van der Waals surface area contributed by atoms with E-state index < -0.39 is 0 Å². The molecular weight excluding hydrogens is 227 g/mol. The molecule has 0 aromatic heterocycles. The van der Waals surface area contributed by atoms with Crippen molar-refractivity contribution in [2.24, 2.45) is 0 Å². The summed E-state index contributed by atoms with van der Waals surface area (Å²) in [5, 5.41) is 0. The molecule has 0 atom stereocenters.